The molecule has 8 heteroatoms. The van der Waals surface area contributed by atoms with Crippen LogP contribution in [0.15, 0.2) is 18.3 Å². The van der Waals surface area contributed by atoms with Crippen molar-refractivity contribution in [1.82, 2.24) is 10.3 Å². The Kier molecular flexibility index (Phi) is 5.69. The first-order valence-electron chi connectivity index (χ1n) is 6.32. The fraction of sp³-hybridized carbons (Fsp3) is 0.462. The topological polar surface area (TPSA) is 79.3 Å². The highest BCUT2D eigenvalue weighted by atomic mass is 19.4. The van der Waals surface area contributed by atoms with E-state index in [1.54, 1.807) is 0 Å². The molecule has 1 amide bonds. The molecule has 1 rings (SSSR count). The van der Waals surface area contributed by atoms with Gasteiger partial charge in [-0.3, -0.25) is 9.78 Å². The van der Waals surface area contributed by atoms with Crippen molar-refractivity contribution in [3.05, 3.63) is 29.6 Å². The van der Waals surface area contributed by atoms with Crippen molar-refractivity contribution in [2.45, 2.75) is 38.4 Å². The quantitative estimate of drug-likeness (QED) is 0.846. The van der Waals surface area contributed by atoms with Gasteiger partial charge in [0.15, 0.2) is 0 Å². The van der Waals surface area contributed by atoms with Gasteiger partial charge in [0.25, 0.3) is 5.91 Å². The minimum Gasteiger partial charge on any atom is -0.480 e. The Balaban J connectivity index is 2.76. The summed E-state index contributed by atoms with van der Waals surface area (Å²) in [5.74, 6) is -2.00. The van der Waals surface area contributed by atoms with Crippen LogP contribution >= 0.6 is 0 Å². The van der Waals surface area contributed by atoms with Gasteiger partial charge >= 0.3 is 12.1 Å². The summed E-state index contributed by atoms with van der Waals surface area (Å²) < 4.78 is 37.1. The molecule has 5 nitrogen and oxygen atoms in total. The number of aromatic nitrogens is 1. The fourth-order valence-corrected chi connectivity index (χ4v) is 1.59. The summed E-state index contributed by atoms with van der Waals surface area (Å²) in [6, 6.07) is 0.558. The lowest BCUT2D eigenvalue weighted by Crippen LogP contribution is -2.41. The van der Waals surface area contributed by atoms with Crippen LogP contribution in [-0.2, 0) is 11.0 Å². The number of hydrogen-bond donors (Lipinski definition) is 2. The number of carboxylic acids is 1. The molecule has 2 N–H and O–H groups in total. The molecule has 0 unspecified atom stereocenters. The number of nitrogens with one attached hydrogen (secondary N) is 1. The third-order valence-corrected chi connectivity index (χ3v) is 2.77. The number of halogens is 3. The average Bonchev–Trinajstić information content (AvgIpc) is 2.42. The second-order valence-electron chi connectivity index (χ2n) is 4.44. The Labute approximate surface area is 119 Å². The maximum atomic E-state index is 12.4. The number of rotatable bonds is 6. The lowest BCUT2D eigenvalue weighted by molar-refractivity contribution is -0.139. The fourth-order valence-electron chi connectivity index (χ4n) is 1.59. The lowest BCUT2D eigenvalue weighted by Gasteiger charge is -2.14. The average molecular weight is 304 g/mol. The summed E-state index contributed by atoms with van der Waals surface area (Å²) in [6.45, 7) is 1.87. The summed E-state index contributed by atoms with van der Waals surface area (Å²) in [5, 5.41) is 11.2. The molecule has 21 heavy (non-hydrogen) atoms. The molecular formula is C13H15F3N2O3. The molecule has 0 saturated heterocycles. The highest BCUT2D eigenvalue weighted by molar-refractivity contribution is 5.94. The molecule has 0 aliphatic rings. The first-order chi connectivity index (χ1) is 9.75. The zero-order valence-electron chi connectivity index (χ0n) is 11.3. The number of carbonyl (C=O) groups excluding carboxylic acids is 1. The summed E-state index contributed by atoms with van der Waals surface area (Å²) >= 11 is 0. The van der Waals surface area contributed by atoms with E-state index >= 15 is 0 Å². The van der Waals surface area contributed by atoms with Crippen LogP contribution < -0.4 is 5.32 Å². The Morgan fingerprint density at radius 2 is 2.05 bits per heavy atom. The molecule has 0 saturated carbocycles. The second kappa shape index (κ2) is 7.05. The van der Waals surface area contributed by atoms with Gasteiger partial charge in [-0.15, -0.1) is 0 Å². The van der Waals surface area contributed by atoms with Crippen molar-refractivity contribution in [2.24, 2.45) is 0 Å². The molecular weight excluding hydrogens is 289 g/mol. The molecule has 116 valence electrons. The third kappa shape index (κ3) is 5.05. The highest BCUT2D eigenvalue weighted by Crippen LogP contribution is 2.28. The Hall–Kier alpha value is -2.12. The third-order valence-electron chi connectivity index (χ3n) is 2.77. The van der Waals surface area contributed by atoms with Crippen molar-refractivity contribution in [3.8, 4) is 0 Å². The van der Waals surface area contributed by atoms with E-state index in [1.807, 2.05) is 6.92 Å². The minimum absolute atomic E-state index is 0.248. The first kappa shape index (κ1) is 16.9. The van der Waals surface area contributed by atoms with E-state index in [2.05, 4.69) is 10.3 Å². The van der Waals surface area contributed by atoms with Gasteiger partial charge < -0.3 is 10.4 Å². The van der Waals surface area contributed by atoms with E-state index < -0.39 is 29.7 Å². The number of aliphatic carboxylic acids is 1. The van der Waals surface area contributed by atoms with Crippen LogP contribution in [0.3, 0.4) is 0 Å². The number of hydrogen-bond acceptors (Lipinski definition) is 3. The van der Waals surface area contributed by atoms with Gasteiger partial charge in [-0.2, -0.15) is 13.2 Å². The molecule has 0 aromatic carbocycles. The molecule has 1 aromatic rings. The highest BCUT2D eigenvalue weighted by Gasteiger charge is 2.31. The maximum Gasteiger partial charge on any atom is 0.417 e. The van der Waals surface area contributed by atoms with Crippen molar-refractivity contribution in [1.29, 1.82) is 0 Å². The van der Waals surface area contributed by atoms with Crippen molar-refractivity contribution >= 4 is 11.9 Å². The molecule has 0 bridgehead atoms. The van der Waals surface area contributed by atoms with Gasteiger partial charge in [-0.25, -0.2) is 4.79 Å². The number of carbonyl (C=O) groups is 2. The predicted octanol–water partition coefficient (Wildman–Crippen LogP) is 2.47. The molecule has 0 fully saturated rings. The summed E-state index contributed by atoms with van der Waals surface area (Å²) in [4.78, 5) is 26.2. The predicted molar refractivity (Wildman–Crippen MR) is 67.7 cm³/mol. The van der Waals surface area contributed by atoms with E-state index in [1.165, 1.54) is 0 Å². The van der Waals surface area contributed by atoms with Gasteiger partial charge in [0.05, 0.1) is 5.56 Å². The van der Waals surface area contributed by atoms with Crippen LogP contribution in [0.2, 0.25) is 0 Å². The zero-order chi connectivity index (χ0) is 16.0. The number of unbranched alkanes of at least 4 members (excludes halogenated alkanes) is 1. The van der Waals surface area contributed by atoms with Crippen molar-refractivity contribution in [3.63, 3.8) is 0 Å². The number of alkyl halides is 3. The summed E-state index contributed by atoms with van der Waals surface area (Å²) in [5.41, 5.74) is -1.23. The van der Waals surface area contributed by atoms with Gasteiger partial charge in [-0.05, 0) is 18.6 Å². The normalized spacial score (nSPS) is 12.8. The van der Waals surface area contributed by atoms with Crippen LogP contribution in [0.4, 0.5) is 13.2 Å². The molecule has 1 aromatic heterocycles. The first-order valence-corrected chi connectivity index (χ1v) is 6.32. The molecule has 0 radical (unpaired) electrons. The second-order valence-corrected chi connectivity index (χ2v) is 4.44. The van der Waals surface area contributed by atoms with Crippen LogP contribution in [0.1, 0.15) is 42.2 Å². The maximum absolute atomic E-state index is 12.4. The molecule has 1 atom stereocenters. The number of nitrogens with zero attached hydrogens (tertiary/aromatic N) is 1. The Morgan fingerprint density at radius 3 is 2.48 bits per heavy atom. The van der Waals surface area contributed by atoms with Crippen LogP contribution in [0, 0.1) is 0 Å². The van der Waals surface area contributed by atoms with Crippen LogP contribution in [0.5, 0.6) is 0 Å². The molecule has 1 heterocycles. The number of amides is 1. The standard InChI is InChI=1S/C13H15F3N2O3/c1-2-3-4-10(12(20)21)18-11(19)9-6-5-8(7-17-9)13(14,15)16/h5-7,10H,2-4H2,1H3,(H,18,19)(H,20,21)/t10-/m0/s1. The smallest absolute Gasteiger partial charge is 0.417 e. The van der Waals surface area contributed by atoms with Gasteiger partial charge in [-0.1, -0.05) is 19.8 Å². The van der Waals surface area contributed by atoms with Crippen molar-refractivity contribution < 1.29 is 27.9 Å². The number of pyridine rings is 1. The monoisotopic (exact) mass is 304 g/mol. The van der Waals surface area contributed by atoms with Gasteiger partial charge in [0.1, 0.15) is 11.7 Å². The van der Waals surface area contributed by atoms with Gasteiger partial charge in [0.2, 0.25) is 0 Å². The van der Waals surface area contributed by atoms with E-state index in [0.29, 0.717) is 12.6 Å². The molecule has 0 aliphatic carbocycles. The van der Waals surface area contributed by atoms with Crippen LogP contribution in [0.25, 0.3) is 0 Å². The Morgan fingerprint density at radius 1 is 1.38 bits per heavy atom. The molecule has 0 spiro atoms. The lowest BCUT2D eigenvalue weighted by atomic mass is 10.1. The minimum atomic E-state index is -4.53. The van der Waals surface area contributed by atoms with E-state index in [-0.39, 0.29) is 12.1 Å². The van der Waals surface area contributed by atoms with Crippen molar-refractivity contribution in [2.75, 3.05) is 0 Å². The SMILES string of the molecule is CCCC[C@H](NC(=O)c1ccc(C(F)(F)F)cn1)C(=O)O. The van der Waals surface area contributed by atoms with Crippen LogP contribution in [-0.4, -0.2) is 28.0 Å². The largest absolute Gasteiger partial charge is 0.480 e. The van der Waals surface area contributed by atoms with E-state index in [4.69, 9.17) is 5.11 Å². The summed E-state index contributed by atoms with van der Waals surface area (Å²) in [6.07, 6.45) is -2.38. The van der Waals surface area contributed by atoms with E-state index in [9.17, 15) is 22.8 Å². The number of carboxylic acid groups (broad SMARTS) is 1. The van der Waals surface area contributed by atoms with E-state index in [0.717, 1.165) is 18.6 Å². The Bertz CT molecular complexity index is 500. The molecule has 0 aliphatic heterocycles. The van der Waals surface area contributed by atoms with Gasteiger partial charge in [0, 0.05) is 6.20 Å². The summed E-state index contributed by atoms with van der Waals surface area (Å²) in [7, 11) is 0. The zero-order valence-corrected chi connectivity index (χ0v) is 11.3.